The van der Waals surface area contributed by atoms with Crippen molar-refractivity contribution in [2.24, 2.45) is 4.99 Å². The molecule has 0 amide bonds. The SMILES string of the molecule is CN=C(NCc1cccc([N+](=O)[O-])c1)N1CCN(Cc2cc(OC)ccc2OC)CC1.I. The maximum atomic E-state index is 11.0. The van der Waals surface area contributed by atoms with Crippen LogP contribution in [0.4, 0.5) is 5.69 Å². The molecule has 1 saturated heterocycles. The lowest BCUT2D eigenvalue weighted by Crippen LogP contribution is -2.52. The summed E-state index contributed by atoms with van der Waals surface area (Å²) in [6, 6.07) is 12.5. The number of ether oxygens (including phenoxy) is 2. The monoisotopic (exact) mass is 555 g/mol. The van der Waals surface area contributed by atoms with Crippen molar-refractivity contribution in [2.75, 3.05) is 47.4 Å². The molecule has 1 heterocycles. The van der Waals surface area contributed by atoms with Crippen LogP contribution >= 0.6 is 24.0 Å². The Morgan fingerprint density at radius 1 is 1.12 bits per heavy atom. The quantitative estimate of drug-likeness (QED) is 0.185. The minimum atomic E-state index is -0.380. The van der Waals surface area contributed by atoms with E-state index in [1.807, 2.05) is 24.3 Å². The first kappa shape index (κ1) is 25.7. The number of nitro benzene ring substituents is 1. The zero-order chi connectivity index (χ0) is 22.2. The number of guanidine groups is 1. The molecule has 0 aromatic heterocycles. The van der Waals surface area contributed by atoms with E-state index in [9.17, 15) is 10.1 Å². The lowest BCUT2D eigenvalue weighted by molar-refractivity contribution is -0.384. The second-order valence-corrected chi connectivity index (χ2v) is 7.27. The molecule has 2 aromatic rings. The van der Waals surface area contributed by atoms with Crippen molar-refractivity contribution in [1.82, 2.24) is 15.1 Å². The molecule has 32 heavy (non-hydrogen) atoms. The lowest BCUT2D eigenvalue weighted by Gasteiger charge is -2.36. The van der Waals surface area contributed by atoms with Crippen LogP contribution in [0.25, 0.3) is 0 Å². The van der Waals surface area contributed by atoms with Crippen LogP contribution in [0, 0.1) is 10.1 Å². The summed E-state index contributed by atoms with van der Waals surface area (Å²) in [5, 5.41) is 14.3. The molecule has 0 atom stereocenters. The van der Waals surface area contributed by atoms with Gasteiger partial charge >= 0.3 is 0 Å². The van der Waals surface area contributed by atoms with Gasteiger partial charge in [0, 0.05) is 64.0 Å². The van der Waals surface area contributed by atoms with Crippen molar-refractivity contribution in [1.29, 1.82) is 0 Å². The van der Waals surface area contributed by atoms with Crippen molar-refractivity contribution < 1.29 is 14.4 Å². The zero-order valence-corrected chi connectivity index (χ0v) is 20.9. The Morgan fingerprint density at radius 2 is 1.88 bits per heavy atom. The predicted octanol–water partition coefficient (Wildman–Crippen LogP) is 3.12. The van der Waals surface area contributed by atoms with Crippen LogP contribution in [-0.2, 0) is 13.1 Å². The van der Waals surface area contributed by atoms with E-state index < -0.39 is 0 Å². The fraction of sp³-hybridized carbons (Fsp3) is 0.409. The lowest BCUT2D eigenvalue weighted by atomic mass is 10.1. The van der Waals surface area contributed by atoms with Gasteiger partial charge in [-0.05, 0) is 23.8 Å². The van der Waals surface area contributed by atoms with Gasteiger partial charge in [-0.25, -0.2) is 0 Å². The van der Waals surface area contributed by atoms with Crippen molar-refractivity contribution >= 4 is 35.6 Å². The van der Waals surface area contributed by atoms with Crippen LogP contribution in [0.5, 0.6) is 11.5 Å². The van der Waals surface area contributed by atoms with E-state index >= 15 is 0 Å². The molecule has 0 saturated carbocycles. The van der Waals surface area contributed by atoms with Crippen LogP contribution in [0.2, 0.25) is 0 Å². The third-order valence-electron chi connectivity index (χ3n) is 5.34. The molecule has 0 bridgehead atoms. The Labute approximate surface area is 205 Å². The number of nitro groups is 1. The summed E-state index contributed by atoms with van der Waals surface area (Å²) in [4.78, 5) is 19.6. The van der Waals surface area contributed by atoms with Gasteiger partial charge in [0.25, 0.3) is 5.69 Å². The number of nitrogens with one attached hydrogen (secondary N) is 1. The molecular weight excluding hydrogens is 525 g/mol. The fourth-order valence-electron chi connectivity index (χ4n) is 3.66. The zero-order valence-electron chi connectivity index (χ0n) is 18.6. The van der Waals surface area contributed by atoms with Crippen LogP contribution in [0.3, 0.4) is 0 Å². The maximum absolute atomic E-state index is 11.0. The highest BCUT2D eigenvalue weighted by atomic mass is 127. The maximum Gasteiger partial charge on any atom is 0.269 e. The molecule has 0 aliphatic carbocycles. The first-order valence-electron chi connectivity index (χ1n) is 10.2. The van der Waals surface area contributed by atoms with Crippen LogP contribution in [0.1, 0.15) is 11.1 Å². The topological polar surface area (TPSA) is 92.5 Å². The van der Waals surface area contributed by atoms with Crippen molar-refractivity contribution in [3.63, 3.8) is 0 Å². The molecular formula is C22H30IN5O4. The average molecular weight is 555 g/mol. The summed E-state index contributed by atoms with van der Waals surface area (Å²) in [5.41, 5.74) is 2.04. The standard InChI is InChI=1S/C22H29N5O4.HI/c1-23-22(24-15-17-5-4-6-19(13-17)27(28)29)26-11-9-25(10-12-26)16-18-14-20(30-2)7-8-21(18)31-3;/h4-8,13-14H,9-12,15-16H2,1-3H3,(H,23,24);1H. The van der Waals surface area contributed by atoms with E-state index in [0.29, 0.717) is 6.54 Å². The van der Waals surface area contributed by atoms with Gasteiger partial charge in [-0.1, -0.05) is 12.1 Å². The van der Waals surface area contributed by atoms with Gasteiger partial charge in [-0.3, -0.25) is 20.0 Å². The molecule has 0 spiro atoms. The summed E-state index contributed by atoms with van der Waals surface area (Å²) in [6.45, 7) is 4.71. The number of nitrogens with zero attached hydrogens (tertiary/aromatic N) is 4. The van der Waals surface area contributed by atoms with E-state index in [4.69, 9.17) is 9.47 Å². The van der Waals surface area contributed by atoms with Gasteiger partial charge in [0.1, 0.15) is 11.5 Å². The molecule has 2 aromatic carbocycles. The van der Waals surface area contributed by atoms with Gasteiger partial charge in [0.05, 0.1) is 19.1 Å². The van der Waals surface area contributed by atoms with E-state index in [0.717, 1.165) is 61.3 Å². The largest absolute Gasteiger partial charge is 0.497 e. The predicted molar refractivity (Wildman–Crippen MR) is 135 cm³/mol. The smallest absolute Gasteiger partial charge is 0.269 e. The highest BCUT2D eigenvalue weighted by Crippen LogP contribution is 2.25. The molecule has 1 N–H and O–H groups in total. The second-order valence-electron chi connectivity index (χ2n) is 7.27. The third kappa shape index (κ3) is 6.70. The number of halogens is 1. The van der Waals surface area contributed by atoms with Gasteiger partial charge < -0.3 is 19.7 Å². The summed E-state index contributed by atoms with van der Waals surface area (Å²) in [7, 11) is 5.10. The minimum Gasteiger partial charge on any atom is -0.497 e. The summed E-state index contributed by atoms with van der Waals surface area (Å²) in [6.07, 6.45) is 0. The van der Waals surface area contributed by atoms with Crippen LogP contribution < -0.4 is 14.8 Å². The molecule has 9 nitrogen and oxygen atoms in total. The molecule has 0 unspecified atom stereocenters. The van der Waals surface area contributed by atoms with Gasteiger partial charge in [-0.15, -0.1) is 24.0 Å². The Hall–Kier alpha value is -2.60. The van der Waals surface area contributed by atoms with E-state index in [2.05, 4.69) is 20.1 Å². The number of hydrogen-bond donors (Lipinski definition) is 1. The van der Waals surface area contributed by atoms with E-state index in [1.54, 1.807) is 33.4 Å². The first-order valence-corrected chi connectivity index (χ1v) is 10.2. The summed E-state index contributed by atoms with van der Waals surface area (Å²) >= 11 is 0. The van der Waals surface area contributed by atoms with Crippen molar-refractivity contribution in [2.45, 2.75) is 13.1 Å². The number of aliphatic imine (C=N–C) groups is 1. The number of hydrogen-bond acceptors (Lipinski definition) is 6. The van der Waals surface area contributed by atoms with Crippen molar-refractivity contribution in [3.8, 4) is 11.5 Å². The minimum absolute atomic E-state index is 0. The Balaban J connectivity index is 0.00000363. The number of benzene rings is 2. The summed E-state index contributed by atoms with van der Waals surface area (Å²) < 4.78 is 10.8. The Morgan fingerprint density at radius 3 is 2.50 bits per heavy atom. The van der Waals surface area contributed by atoms with Crippen LogP contribution in [0.15, 0.2) is 47.5 Å². The van der Waals surface area contributed by atoms with Gasteiger partial charge in [-0.2, -0.15) is 0 Å². The second kappa shape index (κ2) is 12.4. The molecule has 1 aliphatic rings. The number of rotatable bonds is 7. The number of non-ortho nitro benzene ring substituents is 1. The number of methoxy groups -OCH3 is 2. The van der Waals surface area contributed by atoms with Gasteiger partial charge in [0.2, 0.25) is 0 Å². The summed E-state index contributed by atoms with van der Waals surface area (Å²) in [5.74, 6) is 2.47. The average Bonchev–Trinajstić information content (AvgIpc) is 2.80. The fourth-order valence-corrected chi connectivity index (χ4v) is 3.66. The van der Waals surface area contributed by atoms with Crippen molar-refractivity contribution in [3.05, 3.63) is 63.7 Å². The highest BCUT2D eigenvalue weighted by molar-refractivity contribution is 14.0. The Kier molecular flexibility index (Phi) is 9.97. The van der Waals surface area contributed by atoms with Crippen LogP contribution in [-0.4, -0.2) is 68.1 Å². The molecule has 10 heteroatoms. The molecule has 1 fully saturated rings. The number of piperazine rings is 1. The molecule has 1 aliphatic heterocycles. The van der Waals surface area contributed by atoms with E-state index in [1.165, 1.54) is 6.07 Å². The molecule has 3 rings (SSSR count). The van der Waals surface area contributed by atoms with E-state index in [-0.39, 0.29) is 34.6 Å². The highest BCUT2D eigenvalue weighted by Gasteiger charge is 2.21. The Bertz CT molecular complexity index is 932. The first-order chi connectivity index (χ1) is 15.0. The normalized spacial score (nSPS) is 14.5. The molecule has 0 radical (unpaired) electrons. The van der Waals surface area contributed by atoms with Gasteiger partial charge in [0.15, 0.2) is 5.96 Å². The molecule has 174 valence electrons. The third-order valence-corrected chi connectivity index (χ3v) is 5.34.